The predicted molar refractivity (Wildman–Crippen MR) is 87.9 cm³/mol. The van der Waals surface area contributed by atoms with Crippen LogP contribution in [0.4, 0.5) is 0 Å². The molecule has 0 bridgehead atoms. The third-order valence-corrected chi connectivity index (χ3v) is 3.83. The third kappa shape index (κ3) is 13.9. The highest BCUT2D eigenvalue weighted by atomic mass is 16.6. The molecule has 124 valence electrons. The van der Waals surface area contributed by atoms with Gasteiger partial charge in [-0.1, -0.05) is 51.7 Å². The number of aliphatic hydroxyl groups is 1. The van der Waals surface area contributed by atoms with Gasteiger partial charge in [0, 0.05) is 13.3 Å². The Morgan fingerprint density at radius 1 is 1.14 bits per heavy atom. The molecule has 0 aromatic heterocycles. The van der Waals surface area contributed by atoms with Gasteiger partial charge in [0.25, 0.3) is 0 Å². The molecule has 0 aromatic carbocycles. The number of carbonyl (C=O) groups is 1. The van der Waals surface area contributed by atoms with Crippen molar-refractivity contribution >= 4 is 5.97 Å². The van der Waals surface area contributed by atoms with Gasteiger partial charge in [0.2, 0.25) is 6.29 Å². The number of hydrogen-bond donors (Lipinski definition) is 1. The minimum atomic E-state index is -0.923. The van der Waals surface area contributed by atoms with E-state index in [-0.39, 0.29) is 0 Å². The Bertz CT molecular complexity index is 295. The Morgan fingerprint density at radius 3 is 2.38 bits per heavy atom. The molecule has 3 heteroatoms. The smallest absolute Gasteiger partial charge is 0.304 e. The lowest BCUT2D eigenvalue weighted by atomic mass is 9.82. The fourth-order valence-corrected chi connectivity index (χ4v) is 2.47. The van der Waals surface area contributed by atoms with Gasteiger partial charge in [-0.15, -0.1) is 0 Å². The maximum absolute atomic E-state index is 10.6. The lowest BCUT2D eigenvalue weighted by molar-refractivity contribution is -0.165. The fraction of sp³-hybridized carbons (Fsp3) is 0.833. The minimum Gasteiger partial charge on any atom is -0.436 e. The number of aliphatic hydroxyl groups excluding tert-OH is 1. The summed E-state index contributed by atoms with van der Waals surface area (Å²) in [6.45, 7) is 8.10. The summed E-state index contributed by atoms with van der Waals surface area (Å²) in [4.78, 5) is 10.6. The molecule has 0 amide bonds. The normalized spacial score (nSPS) is 13.6. The zero-order chi connectivity index (χ0) is 16.1. The molecule has 0 saturated carbocycles. The summed E-state index contributed by atoms with van der Waals surface area (Å²) >= 11 is 0. The first-order valence-electron chi connectivity index (χ1n) is 8.34. The number of unbranched alkanes of at least 4 members (excludes halogenated alkanes) is 4. The van der Waals surface area contributed by atoms with Crippen LogP contribution in [0.3, 0.4) is 0 Å². The number of hydrogen-bond acceptors (Lipinski definition) is 3. The van der Waals surface area contributed by atoms with Crippen LogP contribution in [0, 0.1) is 5.41 Å². The Labute approximate surface area is 130 Å². The Hall–Kier alpha value is -0.830. The van der Waals surface area contributed by atoms with E-state index in [0.29, 0.717) is 11.8 Å². The van der Waals surface area contributed by atoms with Crippen molar-refractivity contribution in [2.24, 2.45) is 5.41 Å². The monoisotopic (exact) mass is 298 g/mol. The van der Waals surface area contributed by atoms with Gasteiger partial charge in [-0.2, -0.15) is 0 Å². The number of ether oxygens (including phenoxy) is 1. The second kappa shape index (κ2) is 11.8. The number of rotatable bonds is 12. The third-order valence-electron chi connectivity index (χ3n) is 3.83. The van der Waals surface area contributed by atoms with Crippen LogP contribution in [0.1, 0.15) is 85.5 Å². The van der Waals surface area contributed by atoms with Crippen molar-refractivity contribution in [2.45, 2.75) is 91.8 Å². The zero-order valence-corrected chi connectivity index (χ0v) is 14.4. The highest BCUT2D eigenvalue weighted by molar-refractivity contribution is 5.65. The van der Waals surface area contributed by atoms with E-state index in [9.17, 15) is 9.90 Å². The van der Waals surface area contributed by atoms with E-state index in [0.717, 1.165) is 12.8 Å². The Kier molecular flexibility index (Phi) is 11.3. The number of esters is 1. The quantitative estimate of drug-likeness (QED) is 0.239. The SMILES string of the molecule is C/C=C/CCC(C)(C)CCCCCCCC(O)OC(C)=O. The molecule has 0 rings (SSSR count). The van der Waals surface area contributed by atoms with Crippen molar-refractivity contribution in [3.63, 3.8) is 0 Å². The molecule has 0 fully saturated rings. The summed E-state index contributed by atoms with van der Waals surface area (Å²) in [7, 11) is 0. The van der Waals surface area contributed by atoms with Crippen molar-refractivity contribution in [2.75, 3.05) is 0 Å². The summed E-state index contributed by atoms with van der Waals surface area (Å²) in [5.74, 6) is -0.414. The number of allylic oxidation sites excluding steroid dienone is 2. The van der Waals surface area contributed by atoms with Crippen molar-refractivity contribution in [3.05, 3.63) is 12.2 Å². The molecule has 21 heavy (non-hydrogen) atoms. The lowest BCUT2D eigenvalue weighted by Crippen LogP contribution is -2.14. The molecule has 0 spiro atoms. The van der Waals surface area contributed by atoms with Crippen LogP contribution in [0.2, 0.25) is 0 Å². The first-order valence-corrected chi connectivity index (χ1v) is 8.34. The summed E-state index contributed by atoms with van der Waals surface area (Å²) in [5, 5.41) is 9.38. The van der Waals surface area contributed by atoms with E-state index in [1.54, 1.807) is 0 Å². The van der Waals surface area contributed by atoms with E-state index >= 15 is 0 Å². The molecule has 0 saturated heterocycles. The van der Waals surface area contributed by atoms with Gasteiger partial charge in [0.1, 0.15) is 0 Å². The summed E-state index contributed by atoms with van der Waals surface area (Å²) < 4.78 is 4.68. The highest BCUT2D eigenvalue weighted by Crippen LogP contribution is 2.29. The minimum absolute atomic E-state index is 0.414. The van der Waals surface area contributed by atoms with Gasteiger partial charge in [-0.3, -0.25) is 4.79 Å². The summed E-state index contributed by atoms with van der Waals surface area (Å²) in [6.07, 6.45) is 13.4. The second-order valence-corrected chi connectivity index (χ2v) is 6.64. The Morgan fingerprint density at radius 2 is 1.76 bits per heavy atom. The highest BCUT2D eigenvalue weighted by Gasteiger charge is 2.15. The fourth-order valence-electron chi connectivity index (χ4n) is 2.47. The van der Waals surface area contributed by atoms with E-state index in [1.807, 2.05) is 0 Å². The van der Waals surface area contributed by atoms with Crippen molar-refractivity contribution in [1.82, 2.24) is 0 Å². The molecule has 0 radical (unpaired) electrons. The molecule has 0 heterocycles. The molecule has 1 atom stereocenters. The van der Waals surface area contributed by atoms with Gasteiger partial charge >= 0.3 is 5.97 Å². The topological polar surface area (TPSA) is 46.5 Å². The molecular formula is C18H34O3. The van der Waals surface area contributed by atoms with Crippen LogP contribution in [0.5, 0.6) is 0 Å². The van der Waals surface area contributed by atoms with E-state index in [2.05, 4.69) is 37.7 Å². The summed E-state index contributed by atoms with van der Waals surface area (Å²) in [6, 6.07) is 0. The van der Waals surface area contributed by atoms with Crippen LogP contribution in [-0.2, 0) is 9.53 Å². The van der Waals surface area contributed by atoms with Gasteiger partial charge in [0.05, 0.1) is 0 Å². The molecule has 0 aromatic rings. The van der Waals surface area contributed by atoms with Gasteiger partial charge in [0.15, 0.2) is 0 Å². The predicted octanol–water partition coefficient (Wildman–Crippen LogP) is 4.98. The standard InChI is InChI=1S/C18H34O3/c1-5-6-11-14-18(3,4)15-12-9-7-8-10-13-17(20)21-16(2)19/h5-6,17,20H,7-15H2,1-4H3/b6-5+. The summed E-state index contributed by atoms with van der Waals surface area (Å²) in [5.41, 5.74) is 0.436. The maximum atomic E-state index is 10.6. The van der Waals surface area contributed by atoms with Crippen molar-refractivity contribution in [1.29, 1.82) is 0 Å². The average Bonchev–Trinajstić information content (AvgIpc) is 2.36. The van der Waals surface area contributed by atoms with E-state index in [1.165, 1.54) is 45.4 Å². The van der Waals surface area contributed by atoms with Crippen LogP contribution in [-0.4, -0.2) is 17.4 Å². The van der Waals surface area contributed by atoms with Gasteiger partial charge in [-0.05, 0) is 38.0 Å². The molecule has 1 N–H and O–H groups in total. The molecule has 0 aliphatic rings. The zero-order valence-electron chi connectivity index (χ0n) is 14.4. The second-order valence-electron chi connectivity index (χ2n) is 6.64. The Balaban J connectivity index is 3.48. The molecular weight excluding hydrogens is 264 g/mol. The number of carbonyl (C=O) groups excluding carboxylic acids is 1. The van der Waals surface area contributed by atoms with Crippen LogP contribution in [0.15, 0.2) is 12.2 Å². The van der Waals surface area contributed by atoms with Crippen molar-refractivity contribution in [3.8, 4) is 0 Å². The van der Waals surface area contributed by atoms with Crippen LogP contribution >= 0.6 is 0 Å². The first-order chi connectivity index (χ1) is 9.87. The molecule has 1 unspecified atom stereocenters. The van der Waals surface area contributed by atoms with Gasteiger partial charge < -0.3 is 9.84 Å². The van der Waals surface area contributed by atoms with Crippen molar-refractivity contribution < 1.29 is 14.6 Å². The maximum Gasteiger partial charge on any atom is 0.304 e. The van der Waals surface area contributed by atoms with Gasteiger partial charge in [-0.25, -0.2) is 0 Å². The molecule has 0 aliphatic heterocycles. The lowest BCUT2D eigenvalue weighted by Gasteiger charge is -2.23. The largest absolute Gasteiger partial charge is 0.436 e. The van der Waals surface area contributed by atoms with Crippen LogP contribution < -0.4 is 0 Å². The molecule has 0 aliphatic carbocycles. The van der Waals surface area contributed by atoms with E-state index in [4.69, 9.17) is 0 Å². The van der Waals surface area contributed by atoms with E-state index < -0.39 is 12.3 Å². The first kappa shape index (κ1) is 20.2. The average molecular weight is 298 g/mol. The molecule has 3 nitrogen and oxygen atoms in total. The van der Waals surface area contributed by atoms with Crippen LogP contribution in [0.25, 0.3) is 0 Å².